The van der Waals surface area contributed by atoms with Crippen LogP contribution in [0.2, 0.25) is 0 Å². The van der Waals surface area contributed by atoms with E-state index >= 15 is 0 Å². The van der Waals surface area contributed by atoms with E-state index in [4.69, 9.17) is 4.42 Å². The van der Waals surface area contributed by atoms with Gasteiger partial charge in [-0.1, -0.05) is 12.1 Å². The summed E-state index contributed by atoms with van der Waals surface area (Å²) >= 11 is 3.11. The van der Waals surface area contributed by atoms with Gasteiger partial charge in [-0.2, -0.15) is 0 Å². The lowest BCUT2D eigenvalue weighted by molar-refractivity contribution is 0.0824. The summed E-state index contributed by atoms with van der Waals surface area (Å²) in [7, 11) is 0. The van der Waals surface area contributed by atoms with Crippen LogP contribution in [0.25, 0.3) is 0 Å². The summed E-state index contributed by atoms with van der Waals surface area (Å²) in [5.74, 6) is -0.655. The van der Waals surface area contributed by atoms with Crippen LogP contribution in [0.5, 0.6) is 0 Å². The number of furan rings is 1. The van der Waals surface area contributed by atoms with Crippen molar-refractivity contribution in [3.63, 3.8) is 0 Å². The van der Waals surface area contributed by atoms with Crippen molar-refractivity contribution in [2.24, 2.45) is 0 Å². The Bertz CT molecular complexity index is 597. The molecule has 1 aromatic carbocycles. The third kappa shape index (κ3) is 3.46. The van der Waals surface area contributed by atoms with E-state index in [-0.39, 0.29) is 11.6 Å². The Labute approximate surface area is 123 Å². The predicted octanol–water partition coefficient (Wildman–Crippen LogP) is 3.03. The fourth-order valence-corrected chi connectivity index (χ4v) is 2.05. The molecule has 1 aromatic heterocycles. The topological polar surface area (TPSA) is 62.5 Å². The molecule has 6 heteroatoms. The standard InChI is InChI=1S/C14H13BrFNO3/c1-8(13(18)9-2-4-10(16)5-3-9)17-14(19)11-6-7-12(15)20-11/h2-8,13,18H,1H3,(H,17,19). The minimum atomic E-state index is -0.932. The lowest BCUT2D eigenvalue weighted by Crippen LogP contribution is -2.36. The van der Waals surface area contributed by atoms with Crippen molar-refractivity contribution in [1.29, 1.82) is 0 Å². The molecule has 1 heterocycles. The minimum absolute atomic E-state index is 0.148. The largest absolute Gasteiger partial charge is 0.444 e. The van der Waals surface area contributed by atoms with Gasteiger partial charge < -0.3 is 14.8 Å². The maximum Gasteiger partial charge on any atom is 0.287 e. The summed E-state index contributed by atoms with van der Waals surface area (Å²) in [5.41, 5.74) is 0.528. The van der Waals surface area contributed by atoms with Gasteiger partial charge in [0.2, 0.25) is 0 Å². The monoisotopic (exact) mass is 341 g/mol. The first-order valence-electron chi connectivity index (χ1n) is 5.97. The Morgan fingerprint density at radius 1 is 1.30 bits per heavy atom. The first kappa shape index (κ1) is 14.7. The molecule has 0 aliphatic carbocycles. The summed E-state index contributed by atoms with van der Waals surface area (Å²) < 4.78 is 18.4. The van der Waals surface area contributed by atoms with Gasteiger partial charge in [0.25, 0.3) is 5.91 Å². The fourth-order valence-electron chi connectivity index (χ4n) is 1.74. The summed E-state index contributed by atoms with van der Waals surface area (Å²) in [6.07, 6.45) is -0.932. The molecule has 2 rings (SSSR count). The molecule has 1 amide bonds. The average Bonchev–Trinajstić information content (AvgIpc) is 2.85. The summed E-state index contributed by atoms with van der Waals surface area (Å²) in [4.78, 5) is 11.9. The van der Waals surface area contributed by atoms with E-state index in [1.165, 1.54) is 30.3 Å². The van der Waals surface area contributed by atoms with Crippen molar-refractivity contribution in [2.45, 2.75) is 19.1 Å². The van der Waals surface area contributed by atoms with E-state index in [1.54, 1.807) is 13.0 Å². The zero-order valence-corrected chi connectivity index (χ0v) is 12.2. The molecule has 2 atom stereocenters. The molecule has 0 aliphatic heterocycles. The van der Waals surface area contributed by atoms with E-state index in [9.17, 15) is 14.3 Å². The molecule has 106 valence electrons. The number of carbonyl (C=O) groups is 1. The lowest BCUT2D eigenvalue weighted by Gasteiger charge is -2.20. The molecule has 0 radical (unpaired) electrons. The molecule has 0 bridgehead atoms. The van der Waals surface area contributed by atoms with E-state index in [1.807, 2.05) is 0 Å². The number of carbonyl (C=O) groups excluding carboxylic acids is 1. The molecular formula is C14H13BrFNO3. The highest BCUT2D eigenvalue weighted by molar-refractivity contribution is 9.10. The minimum Gasteiger partial charge on any atom is -0.444 e. The van der Waals surface area contributed by atoms with Crippen LogP contribution in [0, 0.1) is 5.82 Å². The van der Waals surface area contributed by atoms with Gasteiger partial charge in [-0.25, -0.2) is 4.39 Å². The van der Waals surface area contributed by atoms with Crippen LogP contribution in [-0.2, 0) is 0 Å². The van der Waals surface area contributed by atoms with E-state index in [0.29, 0.717) is 10.2 Å². The second kappa shape index (κ2) is 6.19. The first-order valence-corrected chi connectivity index (χ1v) is 6.76. The second-order valence-electron chi connectivity index (χ2n) is 4.36. The van der Waals surface area contributed by atoms with E-state index in [2.05, 4.69) is 21.2 Å². The summed E-state index contributed by atoms with van der Waals surface area (Å²) in [6, 6.07) is 8.06. The van der Waals surface area contributed by atoms with Crippen molar-refractivity contribution in [3.05, 3.63) is 58.2 Å². The summed E-state index contributed by atoms with van der Waals surface area (Å²) in [6.45, 7) is 1.66. The molecule has 2 N–H and O–H groups in total. The third-order valence-corrected chi connectivity index (χ3v) is 3.27. The lowest BCUT2D eigenvalue weighted by atomic mass is 10.0. The van der Waals surface area contributed by atoms with Gasteiger partial charge in [0.1, 0.15) is 5.82 Å². The average molecular weight is 342 g/mol. The van der Waals surface area contributed by atoms with E-state index < -0.39 is 18.1 Å². The number of halogens is 2. The highest BCUT2D eigenvalue weighted by Crippen LogP contribution is 2.18. The van der Waals surface area contributed by atoms with E-state index in [0.717, 1.165) is 0 Å². The van der Waals surface area contributed by atoms with Gasteiger partial charge in [-0.05, 0) is 52.7 Å². The zero-order valence-electron chi connectivity index (χ0n) is 10.6. The Hall–Kier alpha value is -1.66. The van der Waals surface area contributed by atoms with Gasteiger partial charge in [-0.15, -0.1) is 0 Å². The fraction of sp³-hybridized carbons (Fsp3) is 0.214. The highest BCUT2D eigenvalue weighted by atomic mass is 79.9. The number of rotatable bonds is 4. The maximum absolute atomic E-state index is 12.8. The number of aliphatic hydroxyl groups excluding tert-OH is 1. The van der Waals surface area contributed by atoms with Gasteiger partial charge in [0.05, 0.1) is 12.1 Å². The molecule has 0 spiro atoms. The number of aliphatic hydroxyl groups is 1. The number of benzene rings is 1. The zero-order chi connectivity index (χ0) is 14.7. The molecular weight excluding hydrogens is 329 g/mol. The smallest absolute Gasteiger partial charge is 0.287 e. The van der Waals surface area contributed by atoms with Crippen molar-refractivity contribution in [2.75, 3.05) is 0 Å². The van der Waals surface area contributed by atoms with Gasteiger partial charge in [0, 0.05) is 0 Å². The van der Waals surface area contributed by atoms with Crippen LogP contribution in [0.15, 0.2) is 45.5 Å². The van der Waals surface area contributed by atoms with Crippen LogP contribution < -0.4 is 5.32 Å². The molecule has 4 nitrogen and oxygen atoms in total. The van der Waals surface area contributed by atoms with Crippen LogP contribution in [0.1, 0.15) is 29.1 Å². The Morgan fingerprint density at radius 3 is 2.50 bits per heavy atom. The molecule has 20 heavy (non-hydrogen) atoms. The van der Waals surface area contributed by atoms with Crippen LogP contribution in [-0.4, -0.2) is 17.1 Å². The number of hydrogen-bond donors (Lipinski definition) is 2. The maximum atomic E-state index is 12.8. The van der Waals surface area contributed by atoms with Crippen molar-refractivity contribution < 1.29 is 18.7 Å². The van der Waals surface area contributed by atoms with Crippen LogP contribution >= 0.6 is 15.9 Å². The van der Waals surface area contributed by atoms with Crippen molar-refractivity contribution in [3.8, 4) is 0 Å². The third-order valence-electron chi connectivity index (χ3n) is 2.84. The Kier molecular flexibility index (Phi) is 4.57. The van der Waals surface area contributed by atoms with Crippen molar-refractivity contribution >= 4 is 21.8 Å². The van der Waals surface area contributed by atoms with Crippen LogP contribution in [0.3, 0.4) is 0 Å². The predicted molar refractivity (Wildman–Crippen MR) is 74.7 cm³/mol. The number of hydrogen-bond acceptors (Lipinski definition) is 3. The van der Waals surface area contributed by atoms with Gasteiger partial charge >= 0.3 is 0 Å². The normalized spacial score (nSPS) is 13.8. The highest BCUT2D eigenvalue weighted by Gasteiger charge is 2.20. The summed E-state index contributed by atoms with van der Waals surface area (Å²) in [5, 5.41) is 12.7. The first-order chi connectivity index (χ1) is 9.47. The molecule has 0 saturated heterocycles. The van der Waals surface area contributed by atoms with Gasteiger partial charge in [0.15, 0.2) is 10.4 Å². The molecule has 2 unspecified atom stereocenters. The Balaban J connectivity index is 2.02. The molecule has 0 saturated carbocycles. The molecule has 2 aromatic rings. The molecule has 0 aliphatic rings. The SMILES string of the molecule is CC(NC(=O)c1ccc(Br)o1)C(O)c1ccc(F)cc1. The van der Waals surface area contributed by atoms with Gasteiger partial charge in [-0.3, -0.25) is 4.79 Å². The number of amides is 1. The van der Waals surface area contributed by atoms with Crippen LogP contribution in [0.4, 0.5) is 4.39 Å². The Morgan fingerprint density at radius 2 is 1.95 bits per heavy atom. The second-order valence-corrected chi connectivity index (χ2v) is 5.14. The number of nitrogens with one attached hydrogen (secondary N) is 1. The molecule has 0 fully saturated rings. The van der Waals surface area contributed by atoms with Crippen molar-refractivity contribution in [1.82, 2.24) is 5.32 Å². The quantitative estimate of drug-likeness (QED) is 0.898.